The van der Waals surface area contributed by atoms with Crippen LogP contribution in [0.2, 0.25) is 0 Å². The molecular formula is C14H21N3O2. The fourth-order valence-electron chi connectivity index (χ4n) is 2.29. The first kappa shape index (κ1) is 13.7. The minimum atomic E-state index is -0.822. The molecule has 1 aliphatic rings. The minimum Gasteiger partial charge on any atom is -0.506 e. The Morgan fingerprint density at radius 3 is 2.32 bits per heavy atom. The molecule has 1 saturated heterocycles. The molecule has 1 aromatic carbocycles. The molecule has 0 bridgehead atoms. The fourth-order valence-corrected chi connectivity index (χ4v) is 2.29. The van der Waals surface area contributed by atoms with Crippen molar-refractivity contribution in [2.75, 3.05) is 31.1 Å². The maximum absolute atomic E-state index is 12.1. The van der Waals surface area contributed by atoms with Gasteiger partial charge in [-0.25, -0.2) is 0 Å². The van der Waals surface area contributed by atoms with Crippen LogP contribution in [0.1, 0.15) is 13.8 Å². The summed E-state index contributed by atoms with van der Waals surface area (Å²) in [6.07, 6.45) is 0. The average Bonchev–Trinajstić information content (AvgIpc) is 2.38. The van der Waals surface area contributed by atoms with E-state index in [-0.39, 0.29) is 11.7 Å². The molecule has 104 valence electrons. The van der Waals surface area contributed by atoms with E-state index in [2.05, 4.69) is 4.90 Å². The van der Waals surface area contributed by atoms with Crippen LogP contribution in [0.4, 0.5) is 5.69 Å². The van der Waals surface area contributed by atoms with Gasteiger partial charge >= 0.3 is 0 Å². The van der Waals surface area contributed by atoms with Crippen LogP contribution in [0.3, 0.4) is 0 Å². The van der Waals surface area contributed by atoms with Gasteiger partial charge in [0.25, 0.3) is 0 Å². The molecule has 1 heterocycles. The predicted molar refractivity (Wildman–Crippen MR) is 75.2 cm³/mol. The van der Waals surface area contributed by atoms with Crippen LogP contribution < -0.4 is 10.6 Å². The topological polar surface area (TPSA) is 69.8 Å². The second kappa shape index (κ2) is 5.09. The maximum Gasteiger partial charge on any atom is 0.242 e. The number of carbonyl (C=O) groups is 1. The lowest BCUT2D eigenvalue weighted by Crippen LogP contribution is -2.57. The lowest BCUT2D eigenvalue weighted by atomic mass is 10.0. The van der Waals surface area contributed by atoms with Crippen LogP contribution in [0, 0.1) is 0 Å². The zero-order valence-corrected chi connectivity index (χ0v) is 11.5. The number of nitrogens with zero attached hydrogens (tertiary/aromatic N) is 2. The number of phenols is 1. The maximum atomic E-state index is 12.1. The third-order valence-electron chi connectivity index (χ3n) is 3.34. The molecule has 0 saturated carbocycles. The molecule has 0 aromatic heterocycles. The third kappa shape index (κ3) is 2.98. The Morgan fingerprint density at radius 1 is 1.21 bits per heavy atom. The molecule has 1 aromatic rings. The Bertz CT molecular complexity index is 460. The fraction of sp³-hybridized carbons (Fsp3) is 0.500. The van der Waals surface area contributed by atoms with Gasteiger partial charge in [-0.3, -0.25) is 4.79 Å². The highest BCUT2D eigenvalue weighted by Crippen LogP contribution is 2.27. The first-order valence-corrected chi connectivity index (χ1v) is 6.51. The van der Waals surface area contributed by atoms with E-state index in [0.29, 0.717) is 26.2 Å². The molecule has 5 nitrogen and oxygen atoms in total. The number of hydrogen-bond acceptors (Lipinski definition) is 4. The van der Waals surface area contributed by atoms with E-state index in [1.807, 2.05) is 12.1 Å². The SMILES string of the molecule is CC(C)(N)C(=O)N1CCN(c2ccccc2O)CC1. The zero-order chi connectivity index (χ0) is 14.0. The molecular weight excluding hydrogens is 242 g/mol. The second-order valence-electron chi connectivity index (χ2n) is 5.49. The number of piperazine rings is 1. The van der Waals surface area contributed by atoms with E-state index in [4.69, 9.17) is 5.73 Å². The van der Waals surface area contributed by atoms with Crippen LogP contribution >= 0.6 is 0 Å². The van der Waals surface area contributed by atoms with E-state index < -0.39 is 5.54 Å². The van der Waals surface area contributed by atoms with Crippen LogP contribution in [-0.4, -0.2) is 47.6 Å². The predicted octanol–water partition coefficient (Wildman–Crippen LogP) is 0.778. The molecule has 19 heavy (non-hydrogen) atoms. The Balaban J connectivity index is 2.00. The van der Waals surface area contributed by atoms with Gasteiger partial charge in [0, 0.05) is 26.2 Å². The molecule has 0 atom stereocenters. The first-order valence-electron chi connectivity index (χ1n) is 6.51. The van der Waals surface area contributed by atoms with Gasteiger partial charge in [0.05, 0.1) is 11.2 Å². The average molecular weight is 263 g/mol. The van der Waals surface area contributed by atoms with E-state index in [1.165, 1.54) is 0 Å². The summed E-state index contributed by atoms with van der Waals surface area (Å²) in [5.74, 6) is 0.255. The van der Waals surface area contributed by atoms with Crippen molar-refractivity contribution < 1.29 is 9.90 Å². The molecule has 1 amide bonds. The largest absolute Gasteiger partial charge is 0.506 e. The molecule has 0 radical (unpaired) electrons. The third-order valence-corrected chi connectivity index (χ3v) is 3.34. The molecule has 3 N–H and O–H groups in total. The minimum absolute atomic E-state index is 0.0237. The molecule has 0 spiro atoms. The number of rotatable bonds is 2. The number of benzene rings is 1. The van der Waals surface area contributed by atoms with Gasteiger partial charge in [-0.05, 0) is 26.0 Å². The lowest BCUT2D eigenvalue weighted by molar-refractivity contribution is -0.136. The van der Waals surface area contributed by atoms with Crippen molar-refractivity contribution in [3.8, 4) is 5.75 Å². The van der Waals surface area contributed by atoms with Crippen LogP contribution in [0.25, 0.3) is 0 Å². The van der Waals surface area contributed by atoms with Crippen molar-refractivity contribution >= 4 is 11.6 Å². The van der Waals surface area contributed by atoms with Gasteiger partial charge in [-0.15, -0.1) is 0 Å². The smallest absolute Gasteiger partial charge is 0.242 e. The van der Waals surface area contributed by atoms with Gasteiger partial charge < -0.3 is 20.6 Å². The van der Waals surface area contributed by atoms with E-state index >= 15 is 0 Å². The molecule has 1 aliphatic heterocycles. The number of phenolic OH excluding ortho intramolecular Hbond substituents is 1. The van der Waals surface area contributed by atoms with Crippen molar-refractivity contribution in [2.24, 2.45) is 5.73 Å². The van der Waals surface area contributed by atoms with E-state index in [0.717, 1.165) is 5.69 Å². The lowest BCUT2D eigenvalue weighted by Gasteiger charge is -2.38. The summed E-state index contributed by atoms with van der Waals surface area (Å²) in [4.78, 5) is 15.9. The Morgan fingerprint density at radius 2 is 1.79 bits per heavy atom. The summed E-state index contributed by atoms with van der Waals surface area (Å²) in [5.41, 5.74) is 5.83. The summed E-state index contributed by atoms with van der Waals surface area (Å²) in [6.45, 7) is 6.13. The summed E-state index contributed by atoms with van der Waals surface area (Å²) < 4.78 is 0. The van der Waals surface area contributed by atoms with E-state index in [1.54, 1.807) is 30.9 Å². The number of amides is 1. The molecule has 2 rings (SSSR count). The van der Waals surface area contributed by atoms with Gasteiger partial charge in [0.15, 0.2) is 0 Å². The summed E-state index contributed by atoms with van der Waals surface area (Å²) >= 11 is 0. The normalized spacial score (nSPS) is 16.6. The van der Waals surface area contributed by atoms with Crippen molar-refractivity contribution in [1.29, 1.82) is 0 Å². The highest BCUT2D eigenvalue weighted by atomic mass is 16.3. The van der Waals surface area contributed by atoms with Crippen LogP contribution in [0.15, 0.2) is 24.3 Å². The second-order valence-corrected chi connectivity index (χ2v) is 5.49. The monoisotopic (exact) mass is 263 g/mol. The molecule has 1 fully saturated rings. The number of aromatic hydroxyl groups is 1. The van der Waals surface area contributed by atoms with E-state index in [9.17, 15) is 9.90 Å². The Labute approximate surface area is 113 Å². The zero-order valence-electron chi connectivity index (χ0n) is 11.5. The number of para-hydroxylation sites is 2. The molecule has 0 unspecified atom stereocenters. The number of anilines is 1. The van der Waals surface area contributed by atoms with Crippen LogP contribution in [0.5, 0.6) is 5.75 Å². The summed E-state index contributed by atoms with van der Waals surface area (Å²) in [5, 5.41) is 9.82. The van der Waals surface area contributed by atoms with Gasteiger partial charge in [-0.1, -0.05) is 12.1 Å². The van der Waals surface area contributed by atoms with Crippen molar-refractivity contribution in [1.82, 2.24) is 4.90 Å². The van der Waals surface area contributed by atoms with Crippen LogP contribution in [-0.2, 0) is 4.79 Å². The van der Waals surface area contributed by atoms with Gasteiger partial charge in [0.2, 0.25) is 5.91 Å². The van der Waals surface area contributed by atoms with Gasteiger partial charge in [0.1, 0.15) is 5.75 Å². The Kier molecular flexibility index (Phi) is 3.66. The van der Waals surface area contributed by atoms with Crippen molar-refractivity contribution in [3.63, 3.8) is 0 Å². The van der Waals surface area contributed by atoms with Gasteiger partial charge in [-0.2, -0.15) is 0 Å². The summed E-state index contributed by atoms with van der Waals surface area (Å²) in [6, 6.07) is 7.26. The highest BCUT2D eigenvalue weighted by Gasteiger charge is 2.30. The molecule has 5 heteroatoms. The standard InChI is InChI=1S/C14H21N3O2/c1-14(2,15)13(19)17-9-7-16(8-10-17)11-5-3-4-6-12(11)18/h3-6,18H,7-10,15H2,1-2H3. The van der Waals surface area contributed by atoms with Crippen molar-refractivity contribution in [3.05, 3.63) is 24.3 Å². The van der Waals surface area contributed by atoms with Crippen molar-refractivity contribution in [2.45, 2.75) is 19.4 Å². The number of hydrogen-bond donors (Lipinski definition) is 2. The number of carbonyl (C=O) groups excluding carboxylic acids is 1. The Hall–Kier alpha value is -1.75. The first-order chi connectivity index (χ1) is 8.89. The molecule has 0 aliphatic carbocycles. The quantitative estimate of drug-likeness (QED) is 0.827. The highest BCUT2D eigenvalue weighted by molar-refractivity contribution is 5.85. The number of nitrogens with two attached hydrogens (primary N) is 1. The summed E-state index contributed by atoms with van der Waals surface area (Å²) in [7, 11) is 0.